The Labute approximate surface area is 226 Å². The van der Waals surface area contributed by atoms with Crippen LogP contribution in [0.1, 0.15) is 32.2 Å². The minimum absolute atomic E-state index is 0.266. The summed E-state index contributed by atoms with van der Waals surface area (Å²) in [5.74, 6) is 0.00610. The highest BCUT2D eigenvalue weighted by atomic mass is 79.9. The lowest BCUT2D eigenvalue weighted by Gasteiger charge is -2.20. The van der Waals surface area contributed by atoms with Gasteiger partial charge in [0.2, 0.25) is 0 Å². The zero-order chi connectivity index (χ0) is 26.7. The second-order valence-electron chi connectivity index (χ2n) is 9.24. The molecule has 0 fully saturated rings. The maximum Gasteiger partial charge on any atom is 0.282 e. The van der Waals surface area contributed by atoms with Gasteiger partial charge in [-0.1, -0.05) is 48.3 Å². The number of carbonyl (C=O) groups is 1. The monoisotopic (exact) mass is 584 g/mol. The lowest BCUT2D eigenvalue weighted by atomic mass is 9.95. The molecule has 0 bridgehead atoms. The number of hydrogen-bond donors (Lipinski definition) is 1. The fraction of sp³-hybridized carbons (Fsp3) is 0.185. The number of anilines is 1. The molecule has 1 heterocycles. The number of amides is 1. The van der Waals surface area contributed by atoms with Crippen LogP contribution in [0, 0.1) is 5.82 Å². The van der Waals surface area contributed by atoms with E-state index in [2.05, 4.69) is 26.3 Å². The van der Waals surface area contributed by atoms with Crippen LogP contribution in [-0.4, -0.2) is 28.4 Å². The summed E-state index contributed by atoms with van der Waals surface area (Å²) in [6.07, 6.45) is 1.51. The van der Waals surface area contributed by atoms with E-state index in [1.165, 1.54) is 35.2 Å². The van der Waals surface area contributed by atoms with E-state index >= 15 is 0 Å². The van der Waals surface area contributed by atoms with Crippen LogP contribution >= 0.6 is 27.5 Å². The third-order valence-electron chi connectivity index (χ3n) is 5.24. The number of rotatable bonds is 6. The number of ether oxygens (including phenoxy) is 1. The molecule has 0 aliphatic carbocycles. The average Bonchev–Trinajstić information content (AvgIpc) is 2.84. The highest BCUT2D eigenvalue weighted by Gasteiger charge is 2.23. The Morgan fingerprint density at radius 2 is 1.89 bits per heavy atom. The van der Waals surface area contributed by atoms with Gasteiger partial charge in [0.25, 0.3) is 11.5 Å². The molecule has 190 valence electrons. The van der Waals surface area contributed by atoms with Crippen molar-refractivity contribution in [2.75, 3.05) is 11.9 Å². The average molecular weight is 586 g/mol. The highest BCUT2D eigenvalue weighted by molar-refractivity contribution is 9.10. The van der Waals surface area contributed by atoms with Crippen LogP contribution < -0.4 is 15.6 Å². The van der Waals surface area contributed by atoms with Gasteiger partial charge in [-0.05, 0) is 66.2 Å². The maximum absolute atomic E-state index is 13.3. The summed E-state index contributed by atoms with van der Waals surface area (Å²) < 4.78 is 20.6. The summed E-state index contributed by atoms with van der Waals surface area (Å²) in [7, 11) is 0. The standard InChI is InChI=1S/C27H23BrClFN4O3/c1-27(2,3)26-33-22-10-5-17(28)13-20(22)25(36)34(26)31-14-16-4-11-23(21(29)12-16)37-15-24(35)32-19-8-6-18(30)7-9-19/h4-14H,15H2,1-3H3,(H,32,35). The number of fused-ring (bicyclic) bond motifs is 1. The first-order chi connectivity index (χ1) is 17.5. The van der Waals surface area contributed by atoms with Crippen molar-refractivity contribution in [2.24, 2.45) is 5.10 Å². The zero-order valence-electron chi connectivity index (χ0n) is 20.3. The van der Waals surface area contributed by atoms with E-state index < -0.39 is 17.1 Å². The van der Waals surface area contributed by atoms with E-state index in [9.17, 15) is 14.0 Å². The zero-order valence-corrected chi connectivity index (χ0v) is 22.6. The summed E-state index contributed by atoms with van der Waals surface area (Å²) in [6, 6.07) is 15.7. The third kappa shape index (κ3) is 6.42. The van der Waals surface area contributed by atoms with E-state index in [-0.39, 0.29) is 17.2 Å². The van der Waals surface area contributed by atoms with E-state index in [0.717, 1.165) is 4.47 Å². The third-order valence-corrected chi connectivity index (χ3v) is 6.03. The van der Waals surface area contributed by atoms with Gasteiger partial charge in [-0.25, -0.2) is 9.37 Å². The van der Waals surface area contributed by atoms with Gasteiger partial charge in [-0.15, -0.1) is 0 Å². The lowest BCUT2D eigenvalue weighted by Crippen LogP contribution is -2.29. The van der Waals surface area contributed by atoms with Gasteiger partial charge in [0.15, 0.2) is 6.61 Å². The van der Waals surface area contributed by atoms with Crippen LogP contribution in [-0.2, 0) is 10.2 Å². The molecule has 0 unspecified atom stereocenters. The minimum atomic E-state index is -0.443. The molecular formula is C27H23BrClFN4O3. The Morgan fingerprint density at radius 3 is 2.57 bits per heavy atom. The van der Waals surface area contributed by atoms with Crippen molar-refractivity contribution in [3.63, 3.8) is 0 Å². The molecule has 0 aliphatic heterocycles. The molecule has 0 saturated carbocycles. The number of nitrogens with one attached hydrogen (secondary N) is 1. The topological polar surface area (TPSA) is 85.6 Å². The molecule has 0 spiro atoms. The SMILES string of the molecule is CC(C)(C)c1nc2ccc(Br)cc2c(=O)n1N=Cc1ccc(OCC(=O)Nc2ccc(F)cc2)c(Cl)c1. The van der Waals surface area contributed by atoms with Crippen LogP contribution in [0.2, 0.25) is 5.02 Å². The van der Waals surface area contributed by atoms with Gasteiger partial charge < -0.3 is 10.1 Å². The second-order valence-corrected chi connectivity index (χ2v) is 10.6. The van der Waals surface area contributed by atoms with Crippen molar-refractivity contribution in [1.82, 2.24) is 9.66 Å². The summed E-state index contributed by atoms with van der Waals surface area (Å²) in [5.41, 5.74) is 0.937. The highest BCUT2D eigenvalue weighted by Crippen LogP contribution is 2.26. The number of aromatic nitrogens is 2. The minimum Gasteiger partial charge on any atom is -0.482 e. The summed E-state index contributed by atoms with van der Waals surface area (Å²) in [4.78, 5) is 30.1. The Hall–Kier alpha value is -3.56. The lowest BCUT2D eigenvalue weighted by molar-refractivity contribution is -0.118. The Balaban J connectivity index is 1.53. The summed E-state index contributed by atoms with van der Waals surface area (Å²) in [5, 5.41) is 7.75. The van der Waals surface area contributed by atoms with Gasteiger partial charge >= 0.3 is 0 Å². The van der Waals surface area contributed by atoms with E-state index in [1.54, 1.807) is 30.3 Å². The number of halogens is 3. The van der Waals surface area contributed by atoms with Gasteiger partial charge in [-0.3, -0.25) is 9.59 Å². The molecule has 1 N–H and O–H groups in total. The molecule has 1 amide bonds. The van der Waals surface area contributed by atoms with Gasteiger partial charge in [0, 0.05) is 15.6 Å². The largest absolute Gasteiger partial charge is 0.482 e. The van der Waals surface area contributed by atoms with Crippen molar-refractivity contribution < 1.29 is 13.9 Å². The Kier molecular flexibility index (Phi) is 7.75. The molecular weight excluding hydrogens is 563 g/mol. The molecule has 4 rings (SSSR count). The van der Waals surface area contributed by atoms with Crippen LogP contribution in [0.3, 0.4) is 0 Å². The molecule has 4 aromatic rings. The van der Waals surface area contributed by atoms with Crippen molar-refractivity contribution in [3.05, 3.63) is 97.7 Å². The summed E-state index contributed by atoms with van der Waals surface area (Å²) >= 11 is 9.76. The van der Waals surface area contributed by atoms with Crippen molar-refractivity contribution in [3.8, 4) is 5.75 Å². The number of hydrogen-bond acceptors (Lipinski definition) is 5. The van der Waals surface area contributed by atoms with Gasteiger partial charge in [-0.2, -0.15) is 9.78 Å². The van der Waals surface area contributed by atoms with Crippen molar-refractivity contribution >= 4 is 56.2 Å². The Morgan fingerprint density at radius 1 is 1.16 bits per heavy atom. The molecule has 37 heavy (non-hydrogen) atoms. The van der Waals surface area contributed by atoms with Gasteiger partial charge in [0.05, 0.1) is 22.1 Å². The molecule has 0 aliphatic rings. The fourth-order valence-corrected chi connectivity index (χ4v) is 4.06. The quantitative estimate of drug-likeness (QED) is 0.275. The number of benzene rings is 3. The molecule has 1 aromatic heterocycles. The van der Waals surface area contributed by atoms with E-state index in [0.29, 0.717) is 33.7 Å². The van der Waals surface area contributed by atoms with Crippen molar-refractivity contribution in [1.29, 1.82) is 0 Å². The molecule has 10 heteroatoms. The maximum atomic E-state index is 13.3. The predicted octanol–water partition coefficient (Wildman–Crippen LogP) is 6.15. The van der Waals surface area contributed by atoms with Gasteiger partial charge in [0.1, 0.15) is 17.4 Å². The Bertz CT molecular complexity index is 1560. The van der Waals surface area contributed by atoms with Crippen LogP contribution in [0.25, 0.3) is 10.9 Å². The first-order valence-corrected chi connectivity index (χ1v) is 12.4. The summed E-state index contributed by atoms with van der Waals surface area (Å²) in [6.45, 7) is 5.59. The first-order valence-electron chi connectivity index (χ1n) is 11.3. The van der Waals surface area contributed by atoms with E-state index in [1.807, 2.05) is 26.8 Å². The van der Waals surface area contributed by atoms with Crippen LogP contribution in [0.5, 0.6) is 5.75 Å². The number of nitrogens with zero attached hydrogens (tertiary/aromatic N) is 3. The van der Waals surface area contributed by atoms with Crippen LogP contribution in [0.15, 0.2) is 75.0 Å². The second kappa shape index (κ2) is 10.8. The van der Waals surface area contributed by atoms with Crippen molar-refractivity contribution in [2.45, 2.75) is 26.2 Å². The first kappa shape index (κ1) is 26.5. The smallest absolute Gasteiger partial charge is 0.282 e. The molecule has 0 atom stereocenters. The molecule has 3 aromatic carbocycles. The molecule has 0 radical (unpaired) electrons. The number of carbonyl (C=O) groups excluding carboxylic acids is 1. The molecule has 7 nitrogen and oxygen atoms in total. The predicted molar refractivity (Wildman–Crippen MR) is 147 cm³/mol. The normalized spacial score (nSPS) is 11.7. The van der Waals surface area contributed by atoms with E-state index in [4.69, 9.17) is 21.3 Å². The van der Waals surface area contributed by atoms with Crippen LogP contribution in [0.4, 0.5) is 10.1 Å². The molecule has 0 saturated heterocycles. The fourth-order valence-electron chi connectivity index (χ4n) is 3.45.